The molecule has 0 fully saturated rings. The zero-order valence-corrected chi connectivity index (χ0v) is 18.5. The minimum Gasteiger partial charge on any atom is -0.318 e. The zero-order chi connectivity index (χ0) is 23.3. The number of rotatable bonds is 3. The maximum atomic E-state index is 14.2. The van der Waals surface area contributed by atoms with Crippen LogP contribution in [0.2, 0.25) is 0 Å². The van der Waals surface area contributed by atoms with Crippen molar-refractivity contribution in [1.29, 1.82) is 5.41 Å². The summed E-state index contributed by atoms with van der Waals surface area (Å²) in [6.45, 7) is 3.79. The number of carbonyl (C=O) groups excluding carboxylic acids is 1. The van der Waals surface area contributed by atoms with Crippen molar-refractivity contribution in [2.24, 2.45) is 10.1 Å². The lowest BCUT2D eigenvalue weighted by Crippen LogP contribution is -2.35. The molecule has 0 bridgehead atoms. The molecule has 0 aliphatic carbocycles. The number of aryl methyl sites for hydroxylation is 1. The van der Waals surface area contributed by atoms with Gasteiger partial charge in [0.25, 0.3) is 5.91 Å². The van der Waals surface area contributed by atoms with E-state index in [0.29, 0.717) is 5.04 Å². The molecule has 0 unspecified atom stereocenters. The fourth-order valence-corrected chi connectivity index (χ4v) is 4.73. The lowest BCUT2D eigenvalue weighted by molar-refractivity contribution is -0.114. The van der Waals surface area contributed by atoms with Crippen LogP contribution in [0.3, 0.4) is 0 Å². The summed E-state index contributed by atoms with van der Waals surface area (Å²) >= 11 is 1.05. The Morgan fingerprint density at radius 1 is 1.06 bits per heavy atom. The first-order valence-electron chi connectivity index (χ1n) is 10.0. The van der Waals surface area contributed by atoms with Gasteiger partial charge < -0.3 is 4.57 Å². The Bertz CT molecular complexity index is 1420. The van der Waals surface area contributed by atoms with Crippen molar-refractivity contribution in [2.75, 3.05) is 0 Å². The predicted molar refractivity (Wildman–Crippen MR) is 126 cm³/mol. The van der Waals surface area contributed by atoms with E-state index in [1.54, 1.807) is 36.4 Å². The van der Waals surface area contributed by atoms with Gasteiger partial charge in [0.15, 0.2) is 5.84 Å². The number of carbonyl (C=O) groups is 1. The van der Waals surface area contributed by atoms with E-state index >= 15 is 0 Å². The molecule has 3 heterocycles. The highest BCUT2D eigenvalue weighted by Crippen LogP contribution is 2.32. The van der Waals surface area contributed by atoms with Crippen LogP contribution in [0.15, 0.2) is 70.3 Å². The van der Waals surface area contributed by atoms with E-state index in [1.165, 1.54) is 23.2 Å². The van der Waals surface area contributed by atoms with Crippen molar-refractivity contribution < 1.29 is 13.6 Å². The standard InChI is InChI=1S/C24H17F2N5OS/c1-13-11-15(14(2)30(13)17-9-7-16(25)8-10-17)12-19-21(27)31-24(28-22(19)32)33-23(29-31)18-5-3-4-6-20(18)26/h3-12,27H,1-2H3/b19-12-,27-21?. The normalized spacial score (nSPS) is 16.8. The fourth-order valence-electron chi connectivity index (χ4n) is 3.81. The molecular weight excluding hydrogens is 444 g/mol. The molecule has 6 nitrogen and oxygen atoms in total. The molecule has 0 saturated carbocycles. The van der Waals surface area contributed by atoms with Crippen molar-refractivity contribution in [3.05, 3.63) is 94.3 Å². The molecule has 1 N–H and O–H groups in total. The molecule has 5 rings (SSSR count). The van der Waals surface area contributed by atoms with E-state index in [4.69, 9.17) is 5.41 Å². The van der Waals surface area contributed by atoms with Gasteiger partial charge in [0, 0.05) is 22.6 Å². The van der Waals surface area contributed by atoms with Crippen LogP contribution >= 0.6 is 11.8 Å². The van der Waals surface area contributed by atoms with Crippen LogP contribution in [-0.4, -0.2) is 31.5 Å². The first-order chi connectivity index (χ1) is 15.8. The van der Waals surface area contributed by atoms with E-state index in [9.17, 15) is 13.6 Å². The topological polar surface area (TPSA) is 73.8 Å². The van der Waals surface area contributed by atoms with Gasteiger partial charge in [-0.1, -0.05) is 12.1 Å². The van der Waals surface area contributed by atoms with Crippen LogP contribution in [0.1, 0.15) is 22.5 Å². The number of amidine groups is 2. The monoisotopic (exact) mass is 461 g/mol. The highest BCUT2D eigenvalue weighted by atomic mass is 32.2. The van der Waals surface area contributed by atoms with Gasteiger partial charge in [-0.15, -0.1) is 0 Å². The molecule has 164 valence electrons. The number of hydrogen-bond donors (Lipinski definition) is 1. The Labute approximate surface area is 192 Å². The minimum absolute atomic E-state index is 0.0808. The second-order valence-corrected chi connectivity index (χ2v) is 8.50. The Kier molecular flexibility index (Phi) is 5.05. The summed E-state index contributed by atoms with van der Waals surface area (Å²) in [5.74, 6) is -1.45. The van der Waals surface area contributed by atoms with E-state index in [1.807, 2.05) is 24.5 Å². The number of benzene rings is 2. The maximum absolute atomic E-state index is 14.2. The third-order valence-corrected chi connectivity index (χ3v) is 6.36. The number of hydrogen-bond acceptors (Lipinski definition) is 4. The van der Waals surface area contributed by atoms with Crippen LogP contribution in [0.5, 0.6) is 0 Å². The molecule has 0 radical (unpaired) electrons. The zero-order valence-electron chi connectivity index (χ0n) is 17.6. The molecule has 2 aromatic carbocycles. The summed E-state index contributed by atoms with van der Waals surface area (Å²) in [4.78, 5) is 16.8. The van der Waals surface area contributed by atoms with Crippen molar-refractivity contribution in [3.8, 4) is 5.69 Å². The number of nitrogens with zero attached hydrogens (tertiary/aromatic N) is 4. The van der Waals surface area contributed by atoms with E-state index in [-0.39, 0.29) is 28.0 Å². The van der Waals surface area contributed by atoms with Crippen LogP contribution in [-0.2, 0) is 4.79 Å². The SMILES string of the molecule is Cc1cc(/C=C2/C(=N)N3N=C(c4ccccc4F)SC3=NC2=O)c(C)n1-c1ccc(F)cc1. The molecule has 0 saturated heterocycles. The summed E-state index contributed by atoms with van der Waals surface area (Å²) < 4.78 is 29.5. The highest BCUT2D eigenvalue weighted by molar-refractivity contribution is 8.27. The second kappa shape index (κ2) is 7.93. The molecule has 1 amide bonds. The smallest absolute Gasteiger partial charge is 0.283 e. The fraction of sp³-hybridized carbons (Fsp3) is 0.0833. The van der Waals surface area contributed by atoms with Crippen molar-refractivity contribution in [1.82, 2.24) is 9.58 Å². The van der Waals surface area contributed by atoms with Gasteiger partial charge in [-0.05, 0) is 79.7 Å². The number of thioether (sulfide) groups is 1. The van der Waals surface area contributed by atoms with Crippen LogP contribution in [0.25, 0.3) is 11.8 Å². The van der Waals surface area contributed by atoms with Crippen molar-refractivity contribution >= 4 is 39.8 Å². The van der Waals surface area contributed by atoms with Gasteiger partial charge in [0.05, 0.1) is 5.57 Å². The van der Waals surface area contributed by atoms with Crippen molar-refractivity contribution in [2.45, 2.75) is 13.8 Å². The van der Waals surface area contributed by atoms with Crippen molar-refractivity contribution in [3.63, 3.8) is 0 Å². The molecule has 9 heteroatoms. The lowest BCUT2D eigenvalue weighted by atomic mass is 10.1. The van der Waals surface area contributed by atoms with Crippen LogP contribution < -0.4 is 0 Å². The number of fused-ring (bicyclic) bond motifs is 1. The number of hydrazone groups is 1. The molecular formula is C24H17F2N5OS. The van der Waals surface area contributed by atoms with E-state index in [2.05, 4.69) is 10.1 Å². The molecule has 0 atom stereocenters. The molecule has 33 heavy (non-hydrogen) atoms. The first kappa shape index (κ1) is 21.0. The number of aliphatic imine (C=N–C) groups is 1. The van der Waals surface area contributed by atoms with E-state index in [0.717, 1.165) is 34.4 Å². The maximum Gasteiger partial charge on any atom is 0.283 e. The van der Waals surface area contributed by atoms with Crippen LogP contribution in [0.4, 0.5) is 8.78 Å². The number of amides is 1. The summed E-state index contributed by atoms with van der Waals surface area (Å²) in [7, 11) is 0. The molecule has 1 aromatic heterocycles. The van der Waals surface area contributed by atoms with E-state index < -0.39 is 11.7 Å². The number of nitrogens with one attached hydrogen (secondary N) is 1. The lowest BCUT2D eigenvalue weighted by Gasteiger charge is -2.20. The van der Waals surface area contributed by atoms with Gasteiger partial charge in [0.1, 0.15) is 16.7 Å². The average molecular weight is 461 g/mol. The van der Waals surface area contributed by atoms with Gasteiger partial charge in [0.2, 0.25) is 5.17 Å². The molecule has 0 spiro atoms. The third-order valence-electron chi connectivity index (χ3n) is 5.41. The Balaban J connectivity index is 1.52. The molecule has 2 aliphatic heterocycles. The summed E-state index contributed by atoms with van der Waals surface area (Å²) in [6.07, 6.45) is 1.61. The Hall–Kier alpha value is -3.85. The summed E-state index contributed by atoms with van der Waals surface area (Å²) in [6, 6.07) is 14.2. The van der Waals surface area contributed by atoms with Gasteiger partial charge in [-0.25, -0.2) is 8.78 Å². The summed E-state index contributed by atoms with van der Waals surface area (Å²) in [5, 5.41) is 14.7. The number of aromatic nitrogens is 1. The second-order valence-electron chi connectivity index (χ2n) is 7.54. The summed E-state index contributed by atoms with van der Waals surface area (Å²) in [5.41, 5.74) is 3.60. The Morgan fingerprint density at radius 2 is 1.79 bits per heavy atom. The highest BCUT2D eigenvalue weighted by Gasteiger charge is 2.36. The van der Waals surface area contributed by atoms with Crippen LogP contribution in [0, 0.1) is 30.9 Å². The molecule has 3 aromatic rings. The molecule has 2 aliphatic rings. The van der Waals surface area contributed by atoms with Gasteiger partial charge in [-0.2, -0.15) is 15.1 Å². The first-order valence-corrected chi connectivity index (χ1v) is 10.8. The van der Waals surface area contributed by atoms with Gasteiger partial charge in [-0.3, -0.25) is 10.2 Å². The quantitative estimate of drug-likeness (QED) is 0.556. The van der Waals surface area contributed by atoms with Gasteiger partial charge >= 0.3 is 0 Å². The predicted octanol–water partition coefficient (Wildman–Crippen LogP) is 5.04. The average Bonchev–Trinajstić information content (AvgIpc) is 3.33. The Morgan fingerprint density at radius 3 is 2.52 bits per heavy atom. The number of halogens is 2. The minimum atomic E-state index is -0.560. The largest absolute Gasteiger partial charge is 0.318 e. The third kappa shape index (κ3) is 3.60.